The average Bonchev–Trinajstić information content (AvgIpc) is 3.06. The van der Waals surface area contributed by atoms with E-state index in [2.05, 4.69) is 19.2 Å². The van der Waals surface area contributed by atoms with Gasteiger partial charge in [0.15, 0.2) is 21.7 Å². The highest BCUT2D eigenvalue weighted by molar-refractivity contribution is 7.91. The Labute approximate surface area is 214 Å². The van der Waals surface area contributed by atoms with Gasteiger partial charge in [0.25, 0.3) is 0 Å². The Morgan fingerprint density at radius 2 is 1.89 bits per heavy atom. The van der Waals surface area contributed by atoms with Gasteiger partial charge in [-0.1, -0.05) is 32.9 Å². The maximum absolute atomic E-state index is 12.9. The molecule has 2 bridgehead atoms. The predicted octanol–water partition coefficient (Wildman–Crippen LogP) is 4.84. The Hall–Kier alpha value is -1.52. The highest BCUT2D eigenvalue weighted by Crippen LogP contribution is 2.60. The van der Waals surface area contributed by atoms with E-state index in [9.17, 15) is 13.2 Å². The van der Waals surface area contributed by atoms with Crippen LogP contribution in [0.25, 0.3) is 0 Å². The minimum Gasteiger partial charge on any atom is -0.346 e. The van der Waals surface area contributed by atoms with Gasteiger partial charge in [-0.3, -0.25) is 4.79 Å². The van der Waals surface area contributed by atoms with Crippen LogP contribution in [-0.4, -0.2) is 43.9 Å². The first-order chi connectivity index (χ1) is 17.1. The Bertz CT molecular complexity index is 1090. The van der Waals surface area contributed by atoms with Gasteiger partial charge in [0.2, 0.25) is 11.7 Å². The van der Waals surface area contributed by atoms with Crippen molar-refractivity contribution in [2.75, 3.05) is 11.1 Å². The van der Waals surface area contributed by atoms with E-state index < -0.39 is 27.5 Å². The fourth-order valence-electron chi connectivity index (χ4n) is 7.01. The second-order valence-corrected chi connectivity index (χ2v) is 13.4. The molecule has 9 heteroatoms. The quantitative estimate of drug-likeness (QED) is 0.513. The number of nitrogens with one attached hydrogen (secondary N) is 1. The lowest BCUT2D eigenvalue weighted by Gasteiger charge is -2.60. The molecule has 4 saturated heterocycles. The predicted molar refractivity (Wildman–Crippen MR) is 133 cm³/mol. The molecule has 8 atom stereocenters. The summed E-state index contributed by atoms with van der Waals surface area (Å²) in [5, 5.41) is 2.83. The summed E-state index contributed by atoms with van der Waals surface area (Å²) in [5.41, 5.74) is -0.280. The van der Waals surface area contributed by atoms with Crippen LogP contribution in [0.2, 0.25) is 0 Å². The van der Waals surface area contributed by atoms with Crippen LogP contribution >= 0.6 is 0 Å². The van der Waals surface area contributed by atoms with Crippen molar-refractivity contribution in [3.8, 4) is 0 Å². The van der Waals surface area contributed by atoms with Crippen molar-refractivity contribution < 1.29 is 32.5 Å². The lowest BCUT2D eigenvalue weighted by atomic mass is 9.57. The molecule has 0 radical (unpaired) electrons. The third-order valence-electron chi connectivity index (χ3n) is 8.92. The number of ether oxygens (including phenoxy) is 2. The van der Waals surface area contributed by atoms with Crippen molar-refractivity contribution in [2.45, 2.75) is 101 Å². The molecule has 6 rings (SSSR count). The zero-order chi connectivity index (χ0) is 25.7. The van der Waals surface area contributed by atoms with Crippen LogP contribution in [0.5, 0.6) is 0 Å². The molecule has 36 heavy (non-hydrogen) atoms. The smallest absolute Gasteiger partial charge is 0.224 e. The van der Waals surface area contributed by atoms with Crippen LogP contribution in [0, 0.1) is 23.7 Å². The molecule has 1 unspecified atom stereocenters. The van der Waals surface area contributed by atoms with E-state index in [1.807, 2.05) is 13.8 Å². The zero-order valence-electron chi connectivity index (χ0n) is 21.7. The van der Waals surface area contributed by atoms with Crippen molar-refractivity contribution in [2.24, 2.45) is 23.7 Å². The zero-order valence-corrected chi connectivity index (χ0v) is 22.5. The van der Waals surface area contributed by atoms with E-state index in [0.29, 0.717) is 30.4 Å². The Balaban J connectivity index is 1.30. The van der Waals surface area contributed by atoms with Crippen LogP contribution in [0.4, 0.5) is 5.69 Å². The molecule has 1 N–H and O–H groups in total. The minimum absolute atomic E-state index is 0.0438. The van der Waals surface area contributed by atoms with E-state index in [-0.39, 0.29) is 40.9 Å². The summed E-state index contributed by atoms with van der Waals surface area (Å²) in [4.78, 5) is 25.2. The molecule has 1 aromatic carbocycles. The number of para-hydroxylation sites is 1. The summed E-state index contributed by atoms with van der Waals surface area (Å²) in [7, 11) is -3.45. The number of carbonyl (C=O) groups excluding carboxylic acids is 1. The third-order valence-corrected chi connectivity index (χ3v) is 10.9. The third kappa shape index (κ3) is 4.41. The van der Waals surface area contributed by atoms with Crippen LogP contribution < -0.4 is 5.32 Å². The number of hydrogen-bond donors (Lipinski definition) is 1. The number of hydrogen-bond acceptors (Lipinski definition) is 7. The highest BCUT2D eigenvalue weighted by Gasteiger charge is 2.69. The lowest BCUT2D eigenvalue weighted by molar-refractivity contribution is -0.571. The van der Waals surface area contributed by atoms with Gasteiger partial charge in [0.05, 0.1) is 22.4 Å². The van der Waals surface area contributed by atoms with Crippen molar-refractivity contribution in [3.63, 3.8) is 0 Å². The molecule has 5 aliphatic rings. The molecule has 1 amide bonds. The normalized spacial score (nSPS) is 39.8. The maximum Gasteiger partial charge on any atom is 0.224 e. The highest BCUT2D eigenvalue weighted by atomic mass is 32.2. The SMILES string of the molecule is CCCS(=O)(=O)c1ccccc1NC(=O)CC[C@H]1O[C@@H]2OC3(C)CC[C@H]4[C@H](C)CC[C@@H]([C@H]1C)[C@@]24OO3. The van der Waals surface area contributed by atoms with E-state index in [4.69, 9.17) is 19.2 Å². The van der Waals surface area contributed by atoms with Gasteiger partial charge in [0.1, 0.15) is 0 Å². The molecule has 200 valence electrons. The Kier molecular flexibility index (Phi) is 7.00. The molecular weight excluding hydrogens is 482 g/mol. The maximum atomic E-state index is 12.9. The van der Waals surface area contributed by atoms with Gasteiger partial charge in [-0.25, -0.2) is 18.2 Å². The fraction of sp³-hybridized carbons (Fsp3) is 0.741. The monoisotopic (exact) mass is 521 g/mol. The number of benzene rings is 1. The fourth-order valence-corrected chi connectivity index (χ4v) is 8.51. The number of fused-ring (bicyclic) bond motifs is 2. The molecule has 1 spiro atoms. The molecular formula is C27H39NO7S. The van der Waals surface area contributed by atoms with Gasteiger partial charge in [0, 0.05) is 18.8 Å². The summed E-state index contributed by atoms with van der Waals surface area (Å²) in [6.07, 6.45) is 4.43. The molecule has 4 heterocycles. The van der Waals surface area contributed by atoms with Crippen LogP contribution in [0.1, 0.15) is 72.6 Å². The number of amides is 1. The van der Waals surface area contributed by atoms with E-state index in [1.54, 1.807) is 24.3 Å². The van der Waals surface area contributed by atoms with Gasteiger partial charge in [-0.15, -0.1) is 0 Å². The molecule has 1 saturated carbocycles. The largest absolute Gasteiger partial charge is 0.346 e. The summed E-state index contributed by atoms with van der Waals surface area (Å²) in [6.45, 7) is 8.20. The van der Waals surface area contributed by atoms with Gasteiger partial charge >= 0.3 is 0 Å². The molecule has 1 aromatic rings. The molecule has 8 nitrogen and oxygen atoms in total. The Morgan fingerprint density at radius 3 is 2.67 bits per heavy atom. The number of anilines is 1. The van der Waals surface area contributed by atoms with E-state index in [0.717, 1.165) is 25.7 Å². The Morgan fingerprint density at radius 1 is 1.11 bits per heavy atom. The topological polar surface area (TPSA) is 100 Å². The van der Waals surface area contributed by atoms with Crippen molar-refractivity contribution >= 4 is 21.4 Å². The van der Waals surface area contributed by atoms with Crippen LogP contribution in [0.15, 0.2) is 29.2 Å². The van der Waals surface area contributed by atoms with Gasteiger partial charge in [-0.05, 0) is 68.9 Å². The second-order valence-electron chi connectivity index (χ2n) is 11.3. The minimum atomic E-state index is -3.45. The molecule has 4 aliphatic heterocycles. The van der Waals surface area contributed by atoms with Gasteiger partial charge in [-0.2, -0.15) is 0 Å². The lowest BCUT2D eigenvalue weighted by Crippen LogP contribution is -2.70. The van der Waals surface area contributed by atoms with E-state index >= 15 is 0 Å². The number of rotatable bonds is 7. The van der Waals surface area contributed by atoms with Crippen molar-refractivity contribution in [1.29, 1.82) is 0 Å². The van der Waals surface area contributed by atoms with Crippen LogP contribution in [0.3, 0.4) is 0 Å². The molecule has 1 aliphatic carbocycles. The molecule has 0 aromatic heterocycles. The standard InChI is InChI=1S/C27H39NO7S/c1-5-16-36(30,31)23-9-7-6-8-21(23)28-24(29)13-12-22-18(3)20-11-10-17(2)19-14-15-26(4)33-25(32-22)27(19,20)35-34-26/h6-9,17-20,22,25H,5,10-16H2,1-4H3,(H,28,29)/t17-,18-,19+,20+,22-,25-,26?,27-/m1/s1. The first-order valence-electron chi connectivity index (χ1n) is 13.4. The second kappa shape index (κ2) is 9.66. The first kappa shape index (κ1) is 26.1. The van der Waals surface area contributed by atoms with E-state index in [1.165, 1.54) is 0 Å². The number of carbonyl (C=O) groups is 1. The summed E-state index contributed by atoms with van der Waals surface area (Å²) >= 11 is 0. The van der Waals surface area contributed by atoms with Crippen molar-refractivity contribution in [1.82, 2.24) is 0 Å². The summed E-state index contributed by atoms with van der Waals surface area (Å²) < 4.78 is 38.3. The van der Waals surface area contributed by atoms with Gasteiger partial charge < -0.3 is 14.8 Å². The van der Waals surface area contributed by atoms with Crippen LogP contribution in [-0.2, 0) is 33.9 Å². The van der Waals surface area contributed by atoms with Crippen molar-refractivity contribution in [3.05, 3.63) is 24.3 Å². The first-order valence-corrected chi connectivity index (χ1v) is 15.1. The molecule has 5 fully saturated rings. The summed E-state index contributed by atoms with van der Waals surface area (Å²) in [6, 6.07) is 6.60. The number of sulfone groups is 1. The summed E-state index contributed by atoms with van der Waals surface area (Å²) in [5.74, 6) is 0.173. The average molecular weight is 522 g/mol.